The van der Waals surface area contributed by atoms with Crippen molar-refractivity contribution in [1.82, 2.24) is 4.98 Å². The van der Waals surface area contributed by atoms with E-state index in [9.17, 15) is 14.0 Å². The Labute approximate surface area is 162 Å². The van der Waals surface area contributed by atoms with Gasteiger partial charge < -0.3 is 21.1 Å². The molecular formula is C20H23FN4O3. The predicted octanol–water partition coefficient (Wildman–Crippen LogP) is 3.14. The van der Waals surface area contributed by atoms with Crippen LogP contribution in [0.5, 0.6) is 11.5 Å². The summed E-state index contributed by atoms with van der Waals surface area (Å²) >= 11 is 0. The molecule has 4 N–H and O–H groups in total. The van der Waals surface area contributed by atoms with E-state index in [-0.39, 0.29) is 17.6 Å². The lowest BCUT2D eigenvalue weighted by Gasteiger charge is -2.34. The standard InChI is InChI=1S/C20H23FN4O3/c21-16-10-14(6-7-17(16)28-15-8-9-24-18(22)11-15)25(20(27)12-19(23)26)13-4-2-1-3-5-13/h6-11,13H,1-5,12H2,(H2,22,24)(H2,23,26). The minimum absolute atomic E-state index is 0.000273. The third-order valence-corrected chi connectivity index (χ3v) is 4.71. The van der Waals surface area contributed by atoms with E-state index in [1.165, 1.54) is 29.3 Å². The zero-order valence-corrected chi connectivity index (χ0v) is 15.4. The van der Waals surface area contributed by atoms with Crippen molar-refractivity contribution >= 4 is 23.3 Å². The fourth-order valence-corrected chi connectivity index (χ4v) is 3.47. The number of halogens is 1. The van der Waals surface area contributed by atoms with Crippen molar-refractivity contribution in [2.75, 3.05) is 10.6 Å². The molecule has 1 fully saturated rings. The quantitative estimate of drug-likeness (QED) is 0.741. The Morgan fingerprint density at radius 3 is 2.57 bits per heavy atom. The van der Waals surface area contributed by atoms with Gasteiger partial charge in [-0.15, -0.1) is 0 Å². The summed E-state index contributed by atoms with van der Waals surface area (Å²) in [7, 11) is 0. The van der Waals surface area contributed by atoms with E-state index in [2.05, 4.69) is 4.98 Å². The van der Waals surface area contributed by atoms with Crippen molar-refractivity contribution in [3.05, 3.63) is 42.3 Å². The van der Waals surface area contributed by atoms with Gasteiger partial charge in [0.15, 0.2) is 11.6 Å². The molecule has 0 atom stereocenters. The first-order chi connectivity index (χ1) is 13.4. The maximum Gasteiger partial charge on any atom is 0.236 e. The number of carbonyl (C=O) groups is 2. The highest BCUT2D eigenvalue weighted by atomic mass is 19.1. The molecule has 1 heterocycles. The van der Waals surface area contributed by atoms with Gasteiger partial charge in [0.2, 0.25) is 11.8 Å². The van der Waals surface area contributed by atoms with Crippen molar-refractivity contribution in [3.8, 4) is 11.5 Å². The number of aromatic nitrogens is 1. The Morgan fingerprint density at radius 1 is 1.18 bits per heavy atom. The molecule has 0 spiro atoms. The molecule has 2 aromatic rings. The Balaban J connectivity index is 1.86. The maximum absolute atomic E-state index is 14.7. The number of nitrogens with zero attached hydrogens (tertiary/aromatic N) is 2. The van der Waals surface area contributed by atoms with Crippen LogP contribution >= 0.6 is 0 Å². The van der Waals surface area contributed by atoms with Crippen LogP contribution in [0.25, 0.3) is 0 Å². The van der Waals surface area contributed by atoms with Crippen molar-refractivity contribution in [1.29, 1.82) is 0 Å². The van der Waals surface area contributed by atoms with Gasteiger partial charge in [-0.3, -0.25) is 9.59 Å². The summed E-state index contributed by atoms with van der Waals surface area (Å²) in [5.74, 6) is -1.14. The largest absolute Gasteiger partial charge is 0.454 e. The average molecular weight is 386 g/mol. The summed E-state index contributed by atoms with van der Waals surface area (Å²) in [6.45, 7) is 0. The number of hydrogen-bond donors (Lipinski definition) is 2. The van der Waals surface area contributed by atoms with Crippen LogP contribution < -0.4 is 21.1 Å². The normalized spacial score (nSPS) is 14.5. The van der Waals surface area contributed by atoms with E-state index in [4.69, 9.17) is 16.2 Å². The topological polar surface area (TPSA) is 112 Å². The molecule has 1 saturated carbocycles. The molecule has 0 radical (unpaired) electrons. The second kappa shape index (κ2) is 8.69. The van der Waals surface area contributed by atoms with Gasteiger partial charge in [-0.25, -0.2) is 9.37 Å². The van der Waals surface area contributed by atoms with Crippen LogP contribution in [0.4, 0.5) is 15.9 Å². The second-order valence-electron chi connectivity index (χ2n) is 6.83. The predicted molar refractivity (Wildman–Crippen MR) is 103 cm³/mol. The van der Waals surface area contributed by atoms with Gasteiger partial charge in [-0.05, 0) is 31.0 Å². The summed E-state index contributed by atoms with van der Waals surface area (Å²) < 4.78 is 20.2. The number of benzene rings is 1. The molecule has 1 aromatic heterocycles. The summed E-state index contributed by atoms with van der Waals surface area (Å²) in [5, 5.41) is 0. The van der Waals surface area contributed by atoms with Crippen LogP contribution in [-0.2, 0) is 9.59 Å². The van der Waals surface area contributed by atoms with E-state index in [1.807, 2.05) is 0 Å². The molecule has 0 unspecified atom stereocenters. The highest BCUT2D eigenvalue weighted by Crippen LogP contribution is 2.32. The first-order valence-electron chi connectivity index (χ1n) is 9.23. The van der Waals surface area contributed by atoms with Gasteiger partial charge in [0.25, 0.3) is 0 Å². The lowest BCUT2D eigenvalue weighted by molar-refractivity contribution is -0.126. The van der Waals surface area contributed by atoms with Crippen molar-refractivity contribution < 1.29 is 18.7 Å². The molecule has 3 rings (SSSR count). The molecule has 7 nitrogen and oxygen atoms in total. The zero-order valence-electron chi connectivity index (χ0n) is 15.4. The lowest BCUT2D eigenvalue weighted by Crippen LogP contribution is -2.43. The van der Waals surface area contributed by atoms with Gasteiger partial charge in [0.05, 0.1) is 0 Å². The van der Waals surface area contributed by atoms with Crippen molar-refractivity contribution in [2.45, 2.75) is 44.6 Å². The van der Waals surface area contributed by atoms with Crippen LogP contribution in [-0.4, -0.2) is 22.8 Å². The van der Waals surface area contributed by atoms with E-state index >= 15 is 0 Å². The average Bonchev–Trinajstić information content (AvgIpc) is 2.64. The molecule has 0 bridgehead atoms. The van der Waals surface area contributed by atoms with Gasteiger partial charge >= 0.3 is 0 Å². The molecule has 0 saturated heterocycles. The monoisotopic (exact) mass is 386 g/mol. The number of rotatable bonds is 6. The highest BCUT2D eigenvalue weighted by molar-refractivity contribution is 6.04. The number of ether oxygens (including phenoxy) is 1. The molecule has 28 heavy (non-hydrogen) atoms. The number of hydrogen-bond acceptors (Lipinski definition) is 5. The zero-order chi connectivity index (χ0) is 20.1. The van der Waals surface area contributed by atoms with Crippen LogP contribution in [0.15, 0.2) is 36.5 Å². The fourth-order valence-electron chi connectivity index (χ4n) is 3.47. The van der Waals surface area contributed by atoms with Crippen LogP contribution in [0.3, 0.4) is 0 Å². The first-order valence-corrected chi connectivity index (χ1v) is 9.23. The third-order valence-electron chi connectivity index (χ3n) is 4.71. The van der Waals surface area contributed by atoms with Crippen molar-refractivity contribution in [3.63, 3.8) is 0 Å². The smallest absolute Gasteiger partial charge is 0.236 e. The lowest BCUT2D eigenvalue weighted by atomic mass is 9.93. The third kappa shape index (κ3) is 4.76. The Kier molecular flexibility index (Phi) is 6.08. The van der Waals surface area contributed by atoms with Gasteiger partial charge in [-0.2, -0.15) is 0 Å². The molecule has 1 aliphatic carbocycles. The van der Waals surface area contributed by atoms with Gasteiger partial charge in [-0.1, -0.05) is 19.3 Å². The number of nitrogen functional groups attached to an aromatic ring is 1. The summed E-state index contributed by atoms with van der Waals surface area (Å²) in [6, 6.07) is 7.28. The first kappa shape index (κ1) is 19.6. The minimum atomic E-state index is -0.707. The minimum Gasteiger partial charge on any atom is -0.454 e. The van der Waals surface area contributed by atoms with Crippen LogP contribution in [0.2, 0.25) is 0 Å². The summed E-state index contributed by atoms with van der Waals surface area (Å²) in [4.78, 5) is 29.2. The van der Waals surface area contributed by atoms with Crippen LogP contribution in [0.1, 0.15) is 38.5 Å². The Morgan fingerprint density at radius 2 is 1.93 bits per heavy atom. The molecular weight excluding hydrogens is 363 g/mol. The number of pyridine rings is 1. The Bertz CT molecular complexity index is 868. The molecule has 8 heteroatoms. The molecule has 1 aromatic carbocycles. The van der Waals surface area contributed by atoms with E-state index < -0.39 is 24.1 Å². The highest BCUT2D eigenvalue weighted by Gasteiger charge is 2.28. The SMILES string of the molecule is NC(=O)CC(=O)N(c1ccc(Oc2ccnc(N)c2)c(F)c1)C1CCCCC1. The number of nitrogens with two attached hydrogens (primary N) is 2. The number of carbonyl (C=O) groups excluding carboxylic acids is 2. The van der Waals surface area contributed by atoms with E-state index in [1.54, 1.807) is 12.1 Å². The Hall–Kier alpha value is -3.16. The fraction of sp³-hybridized carbons (Fsp3) is 0.350. The molecule has 148 valence electrons. The summed E-state index contributed by atoms with van der Waals surface area (Å²) in [6.07, 6.45) is 5.74. The second-order valence-corrected chi connectivity index (χ2v) is 6.83. The van der Waals surface area contributed by atoms with E-state index in [0.717, 1.165) is 32.1 Å². The van der Waals surface area contributed by atoms with Gasteiger partial charge in [0, 0.05) is 30.1 Å². The van der Waals surface area contributed by atoms with Crippen molar-refractivity contribution in [2.24, 2.45) is 5.73 Å². The molecule has 2 amide bonds. The maximum atomic E-state index is 14.7. The van der Waals surface area contributed by atoms with Gasteiger partial charge in [0.1, 0.15) is 18.0 Å². The van der Waals surface area contributed by atoms with E-state index in [0.29, 0.717) is 11.4 Å². The number of anilines is 2. The van der Waals surface area contributed by atoms with Crippen LogP contribution in [0, 0.1) is 5.82 Å². The number of amides is 2. The molecule has 0 aliphatic heterocycles. The number of primary amides is 1. The summed E-state index contributed by atoms with van der Waals surface area (Å²) in [5.41, 5.74) is 11.2. The molecule has 1 aliphatic rings.